The lowest BCUT2D eigenvalue weighted by atomic mass is 9.77. The highest BCUT2D eigenvalue weighted by atomic mass is 79.9. The second-order valence-corrected chi connectivity index (χ2v) is 6.01. The first-order valence-electron chi connectivity index (χ1n) is 6.63. The number of nitrogens with zero attached hydrogens (tertiary/aromatic N) is 1. The summed E-state index contributed by atoms with van der Waals surface area (Å²) in [6, 6.07) is 10.2. The summed E-state index contributed by atoms with van der Waals surface area (Å²) in [6.45, 7) is 0. The van der Waals surface area contributed by atoms with Crippen LogP contribution in [-0.2, 0) is 0 Å². The van der Waals surface area contributed by atoms with E-state index in [9.17, 15) is 5.11 Å². The van der Waals surface area contributed by atoms with Crippen molar-refractivity contribution >= 4 is 15.9 Å². The van der Waals surface area contributed by atoms with E-state index in [1.807, 2.05) is 18.2 Å². The maximum Gasteiger partial charge on any atom is 0.106 e. The Labute approximate surface area is 121 Å². The van der Waals surface area contributed by atoms with Gasteiger partial charge >= 0.3 is 0 Å². The SMILES string of the molecule is OC(c1cncc(Br)c1)c1ccccc1C1CCC1. The average molecular weight is 318 g/mol. The highest BCUT2D eigenvalue weighted by Gasteiger charge is 2.24. The maximum atomic E-state index is 10.6. The van der Waals surface area contributed by atoms with Gasteiger partial charge in [0.1, 0.15) is 6.10 Å². The van der Waals surface area contributed by atoms with Crippen LogP contribution in [0.2, 0.25) is 0 Å². The van der Waals surface area contributed by atoms with Crippen molar-refractivity contribution in [1.29, 1.82) is 0 Å². The minimum absolute atomic E-state index is 0.596. The average Bonchev–Trinajstić information content (AvgIpc) is 2.37. The highest BCUT2D eigenvalue weighted by Crippen LogP contribution is 2.40. The standard InChI is InChI=1S/C16H16BrNO/c17-13-8-12(9-18-10-13)16(19)15-7-2-1-6-14(15)11-4-3-5-11/h1-2,6-11,16,19H,3-5H2. The minimum atomic E-state index is -0.596. The smallest absolute Gasteiger partial charge is 0.106 e. The second-order valence-electron chi connectivity index (χ2n) is 5.10. The first-order chi connectivity index (χ1) is 9.25. The van der Waals surface area contributed by atoms with E-state index in [4.69, 9.17) is 0 Å². The molecule has 0 saturated heterocycles. The van der Waals surface area contributed by atoms with E-state index in [0.29, 0.717) is 5.92 Å². The molecule has 0 amide bonds. The molecular weight excluding hydrogens is 302 g/mol. The number of halogens is 1. The Morgan fingerprint density at radius 2 is 2.00 bits per heavy atom. The van der Waals surface area contributed by atoms with Gasteiger partial charge in [-0.3, -0.25) is 4.98 Å². The molecule has 1 atom stereocenters. The third-order valence-corrected chi connectivity index (χ3v) is 4.31. The van der Waals surface area contributed by atoms with E-state index in [2.05, 4.69) is 33.0 Å². The normalized spacial score (nSPS) is 16.9. The molecule has 2 nitrogen and oxygen atoms in total. The molecule has 1 aliphatic rings. The summed E-state index contributed by atoms with van der Waals surface area (Å²) in [7, 11) is 0. The van der Waals surface area contributed by atoms with Gasteiger partial charge in [-0.05, 0) is 51.9 Å². The number of rotatable bonds is 3. The van der Waals surface area contributed by atoms with E-state index < -0.39 is 6.10 Å². The summed E-state index contributed by atoms with van der Waals surface area (Å²) in [5.41, 5.74) is 3.15. The quantitative estimate of drug-likeness (QED) is 0.920. The van der Waals surface area contributed by atoms with E-state index in [0.717, 1.165) is 15.6 Å². The lowest BCUT2D eigenvalue weighted by Crippen LogP contribution is -2.13. The zero-order valence-electron chi connectivity index (χ0n) is 10.6. The zero-order chi connectivity index (χ0) is 13.2. The van der Waals surface area contributed by atoms with Gasteiger partial charge in [0.25, 0.3) is 0 Å². The van der Waals surface area contributed by atoms with Crippen LogP contribution in [0.1, 0.15) is 48.0 Å². The Balaban J connectivity index is 1.97. The fourth-order valence-corrected chi connectivity index (χ4v) is 2.99. The molecule has 1 aromatic heterocycles. The molecule has 3 heteroatoms. The Hall–Kier alpha value is -1.19. The fourth-order valence-electron chi connectivity index (χ4n) is 2.61. The molecule has 1 N–H and O–H groups in total. The van der Waals surface area contributed by atoms with Gasteiger partial charge in [0.05, 0.1) is 0 Å². The molecule has 1 heterocycles. The van der Waals surface area contributed by atoms with E-state index in [1.165, 1.54) is 24.8 Å². The molecule has 0 radical (unpaired) electrons. The van der Waals surface area contributed by atoms with Crippen molar-refractivity contribution in [3.8, 4) is 0 Å². The van der Waals surface area contributed by atoms with Gasteiger partial charge in [0, 0.05) is 22.4 Å². The molecular formula is C16H16BrNO. The molecule has 98 valence electrons. The molecule has 1 aliphatic carbocycles. The Bertz CT molecular complexity index is 580. The summed E-state index contributed by atoms with van der Waals surface area (Å²) in [4.78, 5) is 4.13. The van der Waals surface area contributed by atoms with Crippen molar-refractivity contribution in [2.75, 3.05) is 0 Å². The van der Waals surface area contributed by atoms with Gasteiger partial charge in [-0.15, -0.1) is 0 Å². The third-order valence-electron chi connectivity index (χ3n) is 3.88. The topological polar surface area (TPSA) is 33.1 Å². The van der Waals surface area contributed by atoms with Crippen LogP contribution in [0, 0.1) is 0 Å². The summed E-state index contributed by atoms with van der Waals surface area (Å²) < 4.78 is 0.894. The molecule has 2 aromatic rings. The zero-order valence-corrected chi connectivity index (χ0v) is 12.2. The first-order valence-corrected chi connectivity index (χ1v) is 7.42. The molecule has 0 spiro atoms. The highest BCUT2D eigenvalue weighted by molar-refractivity contribution is 9.10. The van der Waals surface area contributed by atoms with Gasteiger partial charge in [0.2, 0.25) is 0 Å². The summed E-state index contributed by atoms with van der Waals surface area (Å²) in [5, 5.41) is 10.6. The van der Waals surface area contributed by atoms with Crippen LogP contribution >= 0.6 is 15.9 Å². The van der Waals surface area contributed by atoms with E-state index in [-0.39, 0.29) is 0 Å². The van der Waals surface area contributed by atoms with Crippen LogP contribution < -0.4 is 0 Å². The van der Waals surface area contributed by atoms with Crippen LogP contribution in [0.5, 0.6) is 0 Å². The largest absolute Gasteiger partial charge is 0.384 e. The molecule has 0 aliphatic heterocycles. The number of aliphatic hydroxyl groups is 1. The van der Waals surface area contributed by atoms with Crippen molar-refractivity contribution in [3.05, 3.63) is 63.9 Å². The van der Waals surface area contributed by atoms with Crippen LogP contribution in [-0.4, -0.2) is 10.1 Å². The molecule has 0 bridgehead atoms. The molecule has 1 fully saturated rings. The Morgan fingerprint density at radius 3 is 2.68 bits per heavy atom. The minimum Gasteiger partial charge on any atom is -0.384 e. The van der Waals surface area contributed by atoms with Gasteiger partial charge in [0.15, 0.2) is 0 Å². The first kappa shape index (κ1) is 12.8. The van der Waals surface area contributed by atoms with E-state index >= 15 is 0 Å². The molecule has 1 unspecified atom stereocenters. The van der Waals surface area contributed by atoms with Gasteiger partial charge in [-0.2, -0.15) is 0 Å². The van der Waals surface area contributed by atoms with Crippen molar-refractivity contribution in [1.82, 2.24) is 4.98 Å². The van der Waals surface area contributed by atoms with Crippen LogP contribution in [0.25, 0.3) is 0 Å². The van der Waals surface area contributed by atoms with E-state index in [1.54, 1.807) is 12.4 Å². The summed E-state index contributed by atoms with van der Waals surface area (Å²) in [5.74, 6) is 0.617. The number of aliphatic hydroxyl groups excluding tert-OH is 1. The predicted molar refractivity (Wildman–Crippen MR) is 79.0 cm³/mol. The van der Waals surface area contributed by atoms with Crippen molar-refractivity contribution in [2.45, 2.75) is 31.3 Å². The second kappa shape index (κ2) is 5.43. The number of pyridine rings is 1. The number of benzene rings is 1. The van der Waals surface area contributed by atoms with Gasteiger partial charge in [-0.1, -0.05) is 30.7 Å². The Kier molecular flexibility index (Phi) is 3.67. The van der Waals surface area contributed by atoms with Crippen molar-refractivity contribution in [2.24, 2.45) is 0 Å². The predicted octanol–water partition coefficient (Wildman–Crippen LogP) is 4.19. The summed E-state index contributed by atoms with van der Waals surface area (Å²) >= 11 is 3.40. The van der Waals surface area contributed by atoms with Gasteiger partial charge < -0.3 is 5.11 Å². The molecule has 1 aromatic carbocycles. The molecule has 3 rings (SSSR count). The monoisotopic (exact) mass is 317 g/mol. The number of hydrogen-bond acceptors (Lipinski definition) is 2. The maximum absolute atomic E-state index is 10.6. The van der Waals surface area contributed by atoms with Crippen LogP contribution in [0.4, 0.5) is 0 Å². The number of aromatic nitrogens is 1. The van der Waals surface area contributed by atoms with Crippen molar-refractivity contribution in [3.63, 3.8) is 0 Å². The molecule has 19 heavy (non-hydrogen) atoms. The fraction of sp³-hybridized carbons (Fsp3) is 0.312. The van der Waals surface area contributed by atoms with Gasteiger partial charge in [-0.25, -0.2) is 0 Å². The summed E-state index contributed by atoms with van der Waals surface area (Å²) in [6.07, 6.45) is 6.64. The van der Waals surface area contributed by atoms with Crippen LogP contribution in [0.15, 0.2) is 47.2 Å². The Morgan fingerprint density at radius 1 is 1.21 bits per heavy atom. The third kappa shape index (κ3) is 2.58. The lowest BCUT2D eigenvalue weighted by Gasteiger charge is -2.29. The van der Waals surface area contributed by atoms with Crippen molar-refractivity contribution < 1.29 is 5.11 Å². The molecule has 1 saturated carbocycles. The number of hydrogen-bond donors (Lipinski definition) is 1. The van der Waals surface area contributed by atoms with Crippen LogP contribution in [0.3, 0.4) is 0 Å². The lowest BCUT2D eigenvalue weighted by molar-refractivity contribution is 0.216.